The third kappa shape index (κ3) is 4.53. The summed E-state index contributed by atoms with van der Waals surface area (Å²) in [4.78, 5) is 18.9. The van der Waals surface area contributed by atoms with E-state index >= 15 is 0 Å². The highest BCUT2D eigenvalue weighted by Crippen LogP contribution is 2.26. The predicted octanol–water partition coefficient (Wildman–Crippen LogP) is 1.17. The van der Waals surface area contributed by atoms with Crippen LogP contribution in [-0.2, 0) is 24.2 Å². The maximum absolute atomic E-state index is 10.7. The molecule has 0 bridgehead atoms. The fraction of sp³-hybridized carbons (Fsp3) is 0.278. The molecule has 10 nitrogen and oxygen atoms in total. The quantitative estimate of drug-likeness (QED) is 0.519. The highest BCUT2D eigenvalue weighted by Gasteiger charge is 2.15. The van der Waals surface area contributed by atoms with Gasteiger partial charge >= 0.3 is 5.97 Å². The molecular formula is C18H21N7O3. The second kappa shape index (κ2) is 8.33. The molecule has 0 aliphatic rings. The number of carboxylic acids is 1. The van der Waals surface area contributed by atoms with Gasteiger partial charge in [0.25, 0.3) is 0 Å². The molecule has 146 valence electrons. The van der Waals surface area contributed by atoms with E-state index in [2.05, 4.69) is 20.3 Å². The van der Waals surface area contributed by atoms with Gasteiger partial charge in [-0.1, -0.05) is 24.3 Å². The monoisotopic (exact) mass is 383 g/mol. The number of aryl methyl sites for hydroxylation is 1. The van der Waals surface area contributed by atoms with E-state index in [1.165, 1.54) is 0 Å². The molecule has 3 aromatic rings. The van der Waals surface area contributed by atoms with Crippen LogP contribution >= 0.6 is 0 Å². The SMILES string of the molecule is CCc1nc(N)nc(N)c1-c1cn(CCOc2ccc(CC(=O)O)cc2)nn1. The summed E-state index contributed by atoms with van der Waals surface area (Å²) in [5, 5.41) is 17.0. The number of ether oxygens (including phenoxy) is 1. The van der Waals surface area contributed by atoms with Gasteiger partial charge < -0.3 is 21.3 Å². The van der Waals surface area contributed by atoms with Gasteiger partial charge in [0.15, 0.2) is 0 Å². The maximum Gasteiger partial charge on any atom is 0.307 e. The van der Waals surface area contributed by atoms with E-state index in [1.54, 1.807) is 35.1 Å². The summed E-state index contributed by atoms with van der Waals surface area (Å²) >= 11 is 0. The largest absolute Gasteiger partial charge is 0.492 e. The summed E-state index contributed by atoms with van der Waals surface area (Å²) in [5.41, 5.74) is 14.3. The average molecular weight is 383 g/mol. The Hall–Kier alpha value is -3.69. The van der Waals surface area contributed by atoms with Crippen molar-refractivity contribution in [1.29, 1.82) is 0 Å². The summed E-state index contributed by atoms with van der Waals surface area (Å²) in [6, 6.07) is 6.94. The molecule has 0 fully saturated rings. The number of carboxylic acid groups (broad SMARTS) is 1. The number of carbonyl (C=O) groups is 1. The van der Waals surface area contributed by atoms with Gasteiger partial charge in [-0.3, -0.25) is 4.79 Å². The molecule has 0 spiro atoms. The van der Waals surface area contributed by atoms with Crippen LogP contribution in [0, 0.1) is 0 Å². The first-order valence-electron chi connectivity index (χ1n) is 8.72. The molecule has 5 N–H and O–H groups in total. The van der Waals surface area contributed by atoms with Crippen molar-refractivity contribution in [2.75, 3.05) is 18.1 Å². The number of hydrogen-bond acceptors (Lipinski definition) is 8. The first-order chi connectivity index (χ1) is 13.5. The molecular weight excluding hydrogens is 362 g/mol. The number of nitrogens with two attached hydrogens (primary N) is 2. The highest BCUT2D eigenvalue weighted by molar-refractivity contribution is 5.73. The lowest BCUT2D eigenvalue weighted by atomic mass is 10.1. The molecule has 0 amide bonds. The molecule has 0 aliphatic carbocycles. The zero-order chi connectivity index (χ0) is 20.1. The lowest BCUT2D eigenvalue weighted by Crippen LogP contribution is -2.09. The van der Waals surface area contributed by atoms with Gasteiger partial charge in [-0.05, 0) is 24.1 Å². The Labute approximate surface area is 161 Å². The first kappa shape index (κ1) is 19.1. The Balaban J connectivity index is 1.62. The molecule has 0 atom stereocenters. The summed E-state index contributed by atoms with van der Waals surface area (Å²) in [6.07, 6.45) is 2.38. The lowest BCUT2D eigenvalue weighted by molar-refractivity contribution is -0.136. The molecule has 2 aromatic heterocycles. The molecule has 28 heavy (non-hydrogen) atoms. The highest BCUT2D eigenvalue weighted by atomic mass is 16.5. The van der Waals surface area contributed by atoms with Crippen molar-refractivity contribution in [3.63, 3.8) is 0 Å². The second-order valence-electron chi connectivity index (χ2n) is 6.07. The Bertz CT molecular complexity index is 970. The molecule has 3 rings (SSSR count). The van der Waals surface area contributed by atoms with Crippen LogP contribution in [-0.4, -0.2) is 42.6 Å². The molecule has 0 saturated heterocycles. The Morgan fingerprint density at radius 2 is 1.96 bits per heavy atom. The topological polar surface area (TPSA) is 155 Å². The average Bonchev–Trinajstić information content (AvgIpc) is 3.10. The van der Waals surface area contributed by atoms with Gasteiger partial charge in [-0.25, -0.2) is 9.67 Å². The normalized spacial score (nSPS) is 10.8. The van der Waals surface area contributed by atoms with Crippen molar-refractivity contribution in [3.05, 3.63) is 41.7 Å². The van der Waals surface area contributed by atoms with E-state index in [4.69, 9.17) is 21.3 Å². The molecule has 2 heterocycles. The minimum absolute atomic E-state index is 0.0141. The van der Waals surface area contributed by atoms with Gasteiger partial charge in [0, 0.05) is 0 Å². The van der Waals surface area contributed by atoms with Crippen molar-refractivity contribution in [2.45, 2.75) is 26.3 Å². The number of aliphatic carboxylic acids is 1. The van der Waals surface area contributed by atoms with E-state index < -0.39 is 5.97 Å². The van der Waals surface area contributed by atoms with Crippen molar-refractivity contribution < 1.29 is 14.6 Å². The number of aromatic nitrogens is 5. The van der Waals surface area contributed by atoms with E-state index in [0.29, 0.717) is 36.6 Å². The van der Waals surface area contributed by atoms with Crippen LogP contribution in [0.3, 0.4) is 0 Å². The van der Waals surface area contributed by atoms with Crippen LogP contribution in [0.5, 0.6) is 5.75 Å². The fourth-order valence-electron chi connectivity index (χ4n) is 2.74. The van der Waals surface area contributed by atoms with Crippen molar-refractivity contribution in [1.82, 2.24) is 25.0 Å². The zero-order valence-corrected chi connectivity index (χ0v) is 15.4. The Kier molecular flexibility index (Phi) is 5.68. The fourth-order valence-corrected chi connectivity index (χ4v) is 2.74. The van der Waals surface area contributed by atoms with Gasteiger partial charge in [0.05, 0.1) is 30.4 Å². The second-order valence-corrected chi connectivity index (χ2v) is 6.07. The van der Waals surface area contributed by atoms with Crippen LogP contribution in [0.25, 0.3) is 11.3 Å². The van der Waals surface area contributed by atoms with Crippen LogP contribution < -0.4 is 16.2 Å². The number of rotatable bonds is 8. The Morgan fingerprint density at radius 1 is 1.21 bits per heavy atom. The van der Waals surface area contributed by atoms with Crippen molar-refractivity contribution in [3.8, 4) is 17.0 Å². The summed E-state index contributed by atoms with van der Waals surface area (Å²) in [5.74, 6) is 0.190. The van der Waals surface area contributed by atoms with E-state index in [1.807, 2.05) is 6.92 Å². The standard InChI is InChI=1S/C18H21N7O3/c1-2-13-16(17(19)22-18(20)21-13)14-10-25(24-23-14)7-8-28-12-5-3-11(4-6-12)9-15(26)27/h3-6,10H,2,7-9H2,1H3,(H,26,27)(H4,19,20,21,22). The van der Waals surface area contributed by atoms with Crippen LogP contribution in [0.2, 0.25) is 0 Å². The number of nitrogen functional groups attached to an aromatic ring is 2. The molecule has 0 radical (unpaired) electrons. The van der Waals surface area contributed by atoms with Crippen LogP contribution in [0.1, 0.15) is 18.2 Å². The van der Waals surface area contributed by atoms with Gasteiger partial charge in [0.2, 0.25) is 5.95 Å². The van der Waals surface area contributed by atoms with Crippen LogP contribution in [0.15, 0.2) is 30.5 Å². The molecule has 0 saturated carbocycles. The maximum atomic E-state index is 10.7. The predicted molar refractivity (Wildman–Crippen MR) is 103 cm³/mol. The number of benzene rings is 1. The number of hydrogen-bond donors (Lipinski definition) is 3. The lowest BCUT2D eigenvalue weighted by Gasteiger charge is -2.08. The van der Waals surface area contributed by atoms with Gasteiger partial charge in [-0.15, -0.1) is 5.10 Å². The third-order valence-electron chi connectivity index (χ3n) is 4.03. The van der Waals surface area contributed by atoms with Crippen LogP contribution in [0.4, 0.5) is 11.8 Å². The van der Waals surface area contributed by atoms with Crippen molar-refractivity contribution in [2.24, 2.45) is 0 Å². The van der Waals surface area contributed by atoms with E-state index in [-0.39, 0.29) is 18.2 Å². The minimum atomic E-state index is -0.867. The third-order valence-corrected chi connectivity index (χ3v) is 4.03. The Morgan fingerprint density at radius 3 is 2.64 bits per heavy atom. The summed E-state index contributed by atoms with van der Waals surface area (Å²) in [7, 11) is 0. The minimum Gasteiger partial charge on any atom is -0.492 e. The first-order valence-corrected chi connectivity index (χ1v) is 8.72. The van der Waals surface area contributed by atoms with Gasteiger partial charge in [0.1, 0.15) is 23.9 Å². The number of anilines is 2. The zero-order valence-electron chi connectivity index (χ0n) is 15.4. The van der Waals surface area contributed by atoms with E-state index in [9.17, 15) is 4.79 Å². The number of nitrogens with zero attached hydrogens (tertiary/aromatic N) is 5. The van der Waals surface area contributed by atoms with Gasteiger partial charge in [-0.2, -0.15) is 4.98 Å². The smallest absolute Gasteiger partial charge is 0.307 e. The van der Waals surface area contributed by atoms with E-state index in [0.717, 1.165) is 11.3 Å². The molecule has 0 unspecified atom stereocenters. The molecule has 0 aliphatic heterocycles. The molecule has 1 aromatic carbocycles. The summed E-state index contributed by atoms with van der Waals surface area (Å²) < 4.78 is 7.31. The molecule has 10 heteroatoms. The summed E-state index contributed by atoms with van der Waals surface area (Å²) in [6.45, 7) is 2.79. The van der Waals surface area contributed by atoms with Crippen molar-refractivity contribution >= 4 is 17.7 Å².